The molecule has 6 nitrogen and oxygen atoms in total. The van der Waals surface area contributed by atoms with Gasteiger partial charge in [-0.2, -0.15) is 4.98 Å². The minimum Gasteiger partial charge on any atom is -0.411 e. The van der Waals surface area contributed by atoms with Gasteiger partial charge in [0.1, 0.15) is 5.69 Å². The fraction of sp³-hybridized carbons (Fsp3) is 0.550. The first kappa shape index (κ1) is 21.1. The molecule has 2 aromatic rings. The molecule has 2 N–H and O–H groups in total. The molecule has 1 aliphatic rings. The third-order valence-electron chi connectivity index (χ3n) is 5.18. The van der Waals surface area contributed by atoms with Crippen LogP contribution in [-0.2, 0) is 10.0 Å². The number of rotatable bonds is 6. The number of hydrogen-bond acceptors (Lipinski definition) is 5. The Balaban J connectivity index is 1.51. The molecule has 1 fully saturated rings. The van der Waals surface area contributed by atoms with E-state index >= 15 is 0 Å². The Kier molecular flexibility index (Phi) is 6.37. The number of halogens is 1. The van der Waals surface area contributed by atoms with E-state index in [2.05, 4.69) is 15.0 Å². The first-order chi connectivity index (χ1) is 13.2. The second-order valence-corrected chi connectivity index (χ2v) is 11.2. The van der Waals surface area contributed by atoms with Gasteiger partial charge in [0.2, 0.25) is 15.2 Å². The van der Waals surface area contributed by atoms with Crippen LogP contribution in [0, 0.1) is 5.92 Å². The van der Waals surface area contributed by atoms with E-state index in [0.717, 1.165) is 31.2 Å². The van der Waals surface area contributed by atoms with Crippen molar-refractivity contribution in [3.63, 3.8) is 0 Å². The Bertz CT molecular complexity index is 883. The summed E-state index contributed by atoms with van der Waals surface area (Å²) in [6, 6.07) is 10.4. The van der Waals surface area contributed by atoms with Crippen molar-refractivity contribution in [2.75, 3.05) is 11.9 Å². The smallest absolute Gasteiger partial charge is 0.296 e. The van der Waals surface area contributed by atoms with Crippen molar-refractivity contribution in [3.8, 4) is 11.3 Å². The first-order valence-electron chi connectivity index (χ1n) is 9.63. The fourth-order valence-corrected chi connectivity index (χ4v) is 4.38. The topological polar surface area (TPSA) is 84.2 Å². The van der Waals surface area contributed by atoms with Gasteiger partial charge in [-0.3, -0.25) is 0 Å². The number of hydrogen-bond donors (Lipinski definition) is 2. The van der Waals surface area contributed by atoms with Crippen LogP contribution in [0.3, 0.4) is 0 Å². The van der Waals surface area contributed by atoms with Crippen LogP contribution in [-0.4, -0.2) is 30.7 Å². The maximum atomic E-state index is 12.2. The van der Waals surface area contributed by atoms with Crippen molar-refractivity contribution in [1.29, 1.82) is 0 Å². The van der Waals surface area contributed by atoms with E-state index in [9.17, 15) is 8.42 Å². The van der Waals surface area contributed by atoms with Gasteiger partial charge in [0, 0.05) is 18.2 Å². The van der Waals surface area contributed by atoms with Gasteiger partial charge in [0.15, 0.2) is 0 Å². The molecule has 0 amide bonds. The van der Waals surface area contributed by atoms with Crippen LogP contribution in [0.25, 0.3) is 11.3 Å². The van der Waals surface area contributed by atoms with Crippen molar-refractivity contribution in [2.45, 2.75) is 57.2 Å². The van der Waals surface area contributed by atoms with E-state index in [4.69, 9.17) is 16.0 Å². The Morgan fingerprint density at radius 2 is 1.79 bits per heavy atom. The fourth-order valence-electron chi connectivity index (χ4n) is 3.27. The predicted molar refractivity (Wildman–Crippen MR) is 113 cm³/mol. The van der Waals surface area contributed by atoms with Crippen LogP contribution in [0.1, 0.15) is 46.5 Å². The molecule has 0 atom stereocenters. The molecule has 0 bridgehead atoms. The van der Waals surface area contributed by atoms with E-state index in [0.29, 0.717) is 24.2 Å². The van der Waals surface area contributed by atoms with Crippen LogP contribution in [0.5, 0.6) is 0 Å². The SMILES string of the molecule is CC(C)(C)S(=O)(=O)NC[C@H]1CC[C@H](Nc2nc(-c3ccccc3)c(Cl)o2)CC1. The maximum Gasteiger partial charge on any atom is 0.296 e. The Hall–Kier alpha value is -1.57. The van der Waals surface area contributed by atoms with Crippen LogP contribution in [0.4, 0.5) is 6.01 Å². The Morgan fingerprint density at radius 1 is 1.14 bits per heavy atom. The molecule has 0 spiro atoms. The lowest BCUT2D eigenvalue weighted by Crippen LogP contribution is -2.42. The number of nitrogens with one attached hydrogen (secondary N) is 2. The summed E-state index contributed by atoms with van der Waals surface area (Å²) in [6.45, 7) is 5.62. The normalized spacial score (nSPS) is 20.9. The molecule has 8 heteroatoms. The zero-order valence-electron chi connectivity index (χ0n) is 16.5. The van der Waals surface area contributed by atoms with Crippen molar-refractivity contribution >= 4 is 27.6 Å². The van der Waals surface area contributed by atoms with Gasteiger partial charge in [-0.25, -0.2) is 13.1 Å². The molecule has 0 radical (unpaired) electrons. The zero-order chi connectivity index (χ0) is 20.4. The van der Waals surface area contributed by atoms with Crippen LogP contribution < -0.4 is 10.0 Å². The number of aromatic nitrogens is 1. The number of sulfonamides is 1. The van der Waals surface area contributed by atoms with Gasteiger partial charge in [0.25, 0.3) is 6.01 Å². The summed E-state index contributed by atoms with van der Waals surface area (Å²) in [5.74, 6) is 0.350. The molecule has 1 aromatic carbocycles. The summed E-state index contributed by atoms with van der Waals surface area (Å²) in [5, 5.41) is 3.60. The Morgan fingerprint density at radius 3 is 2.39 bits per heavy atom. The van der Waals surface area contributed by atoms with Crippen molar-refractivity contribution in [2.24, 2.45) is 5.92 Å². The molecule has 3 rings (SSSR count). The third kappa shape index (κ3) is 5.07. The lowest BCUT2D eigenvalue weighted by atomic mass is 9.86. The highest BCUT2D eigenvalue weighted by molar-refractivity contribution is 7.90. The average molecular weight is 426 g/mol. The molecule has 1 aliphatic carbocycles. The molecule has 1 heterocycles. The van der Waals surface area contributed by atoms with Crippen molar-refractivity contribution in [3.05, 3.63) is 35.6 Å². The molecular weight excluding hydrogens is 398 g/mol. The number of nitrogens with zero attached hydrogens (tertiary/aromatic N) is 1. The highest BCUT2D eigenvalue weighted by Gasteiger charge is 2.30. The number of oxazole rings is 1. The van der Waals surface area contributed by atoms with Gasteiger partial charge >= 0.3 is 0 Å². The molecular formula is C20H28ClN3O3S. The summed E-state index contributed by atoms with van der Waals surface area (Å²) in [4.78, 5) is 4.49. The maximum absolute atomic E-state index is 12.2. The largest absolute Gasteiger partial charge is 0.411 e. The monoisotopic (exact) mass is 425 g/mol. The Labute approximate surface area is 172 Å². The zero-order valence-corrected chi connectivity index (χ0v) is 18.1. The van der Waals surface area contributed by atoms with Crippen molar-refractivity contribution in [1.82, 2.24) is 9.71 Å². The lowest BCUT2D eigenvalue weighted by Gasteiger charge is -2.29. The standard InChI is InChI=1S/C20H28ClN3O3S/c1-20(2,3)28(25,26)22-13-14-9-11-16(12-10-14)23-19-24-17(18(21)27-19)15-7-5-4-6-8-15/h4-8,14,16,22H,9-13H2,1-3H3,(H,23,24)/t14-,16-. The molecule has 0 unspecified atom stereocenters. The second kappa shape index (κ2) is 8.43. The molecule has 1 aromatic heterocycles. The second-order valence-electron chi connectivity index (χ2n) is 8.33. The van der Waals surface area contributed by atoms with E-state index in [-0.39, 0.29) is 11.3 Å². The van der Waals surface area contributed by atoms with Crippen LogP contribution in [0.15, 0.2) is 34.7 Å². The van der Waals surface area contributed by atoms with Crippen LogP contribution in [0.2, 0.25) is 5.22 Å². The van der Waals surface area contributed by atoms with Gasteiger partial charge in [0.05, 0.1) is 4.75 Å². The van der Waals surface area contributed by atoms with Crippen molar-refractivity contribution < 1.29 is 12.8 Å². The number of anilines is 1. The van der Waals surface area contributed by atoms with Gasteiger partial charge in [-0.1, -0.05) is 30.3 Å². The molecule has 1 saturated carbocycles. The minimum absolute atomic E-state index is 0.244. The van der Waals surface area contributed by atoms with Crippen LogP contribution >= 0.6 is 11.6 Å². The summed E-state index contributed by atoms with van der Waals surface area (Å²) >= 11 is 6.21. The van der Waals surface area contributed by atoms with E-state index in [1.165, 1.54) is 0 Å². The predicted octanol–water partition coefficient (Wildman–Crippen LogP) is 4.68. The summed E-state index contributed by atoms with van der Waals surface area (Å²) in [6.07, 6.45) is 3.76. The summed E-state index contributed by atoms with van der Waals surface area (Å²) < 4.78 is 31.9. The van der Waals surface area contributed by atoms with E-state index in [1.54, 1.807) is 20.8 Å². The minimum atomic E-state index is -3.29. The first-order valence-corrected chi connectivity index (χ1v) is 11.5. The number of benzene rings is 1. The third-order valence-corrected chi connectivity index (χ3v) is 7.59. The van der Waals surface area contributed by atoms with E-state index < -0.39 is 14.8 Å². The highest BCUT2D eigenvalue weighted by Crippen LogP contribution is 2.32. The van der Waals surface area contributed by atoms with Gasteiger partial charge < -0.3 is 9.73 Å². The highest BCUT2D eigenvalue weighted by atomic mass is 35.5. The van der Waals surface area contributed by atoms with Gasteiger partial charge in [-0.05, 0) is 64.0 Å². The molecule has 0 aliphatic heterocycles. The average Bonchev–Trinajstić information content (AvgIpc) is 3.01. The lowest BCUT2D eigenvalue weighted by molar-refractivity contribution is 0.333. The molecule has 28 heavy (non-hydrogen) atoms. The molecule has 154 valence electrons. The van der Waals surface area contributed by atoms with Gasteiger partial charge in [-0.15, -0.1) is 0 Å². The van der Waals surface area contributed by atoms with E-state index in [1.807, 2.05) is 30.3 Å². The summed E-state index contributed by atoms with van der Waals surface area (Å²) in [5.41, 5.74) is 1.55. The summed E-state index contributed by atoms with van der Waals surface area (Å²) in [7, 11) is -3.29. The molecule has 0 saturated heterocycles. The quantitative estimate of drug-likeness (QED) is 0.701.